The Bertz CT molecular complexity index is 679. The van der Waals surface area contributed by atoms with Gasteiger partial charge in [-0.1, -0.05) is 19.1 Å². The molecule has 1 unspecified atom stereocenters. The maximum atomic E-state index is 12.2. The van der Waals surface area contributed by atoms with E-state index in [-0.39, 0.29) is 31.8 Å². The van der Waals surface area contributed by atoms with Crippen LogP contribution in [0.3, 0.4) is 0 Å². The zero-order valence-corrected chi connectivity index (χ0v) is 14.2. The molecule has 1 aromatic rings. The maximum Gasteiger partial charge on any atom is 0.311 e. The summed E-state index contributed by atoms with van der Waals surface area (Å²) in [6, 6.07) is 9.55. The van der Waals surface area contributed by atoms with E-state index < -0.39 is 24.4 Å². The summed E-state index contributed by atoms with van der Waals surface area (Å²) in [5.41, 5.74) is 1.93. The second kappa shape index (κ2) is 8.83. The van der Waals surface area contributed by atoms with Gasteiger partial charge in [0, 0.05) is 25.2 Å². The number of ether oxygens (including phenoxy) is 1. The molecule has 1 saturated heterocycles. The van der Waals surface area contributed by atoms with Crippen LogP contribution in [0.1, 0.15) is 25.3 Å². The Morgan fingerprint density at radius 2 is 2.08 bits per heavy atom. The number of hydrogen-bond donors (Lipinski definition) is 1. The summed E-state index contributed by atoms with van der Waals surface area (Å²) in [5, 5.41) is 10.9. The van der Waals surface area contributed by atoms with E-state index >= 15 is 0 Å². The first-order chi connectivity index (χ1) is 12.0. The maximum absolute atomic E-state index is 12.2. The third-order valence-electron chi connectivity index (χ3n) is 4.02. The van der Waals surface area contributed by atoms with Crippen molar-refractivity contribution in [1.29, 1.82) is 5.26 Å². The molecule has 0 spiro atoms. The summed E-state index contributed by atoms with van der Waals surface area (Å²) in [5.74, 6) is -1.73. The van der Waals surface area contributed by atoms with Crippen LogP contribution in [0.2, 0.25) is 0 Å². The largest absolute Gasteiger partial charge is 0.455 e. The molecular formula is C18H21N3O4. The number of aryl methyl sites for hydroxylation is 1. The highest BCUT2D eigenvalue weighted by atomic mass is 16.5. The van der Waals surface area contributed by atoms with Gasteiger partial charge >= 0.3 is 5.97 Å². The van der Waals surface area contributed by atoms with Crippen LogP contribution < -0.4 is 10.2 Å². The fraction of sp³-hybridized carbons (Fsp3) is 0.444. The third kappa shape index (κ3) is 5.05. The fourth-order valence-corrected chi connectivity index (χ4v) is 2.59. The van der Waals surface area contributed by atoms with Gasteiger partial charge in [0.05, 0.1) is 18.4 Å². The van der Waals surface area contributed by atoms with Crippen LogP contribution in [0.5, 0.6) is 0 Å². The molecule has 0 saturated carbocycles. The summed E-state index contributed by atoms with van der Waals surface area (Å²) >= 11 is 0. The number of nitrogens with one attached hydrogen (secondary N) is 1. The van der Waals surface area contributed by atoms with E-state index in [0.717, 1.165) is 12.1 Å². The molecule has 25 heavy (non-hydrogen) atoms. The number of rotatable bonds is 7. The highest BCUT2D eigenvalue weighted by Crippen LogP contribution is 2.26. The minimum Gasteiger partial charge on any atom is -0.455 e. The van der Waals surface area contributed by atoms with Gasteiger partial charge in [-0.05, 0) is 24.1 Å². The number of nitrogens with zero attached hydrogens (tertiary/aromatic N) is 2. The number of hydrogen-bond acceptors (Lipinski definition) is 5. The molecule has 1 fully saturated rings. The number of amides is 2. The molecule has 1 aliphatic heterocycles. The van der Waals surface area contributed by atoms with Gasteiger partial charge in [-0.3, -0.25) is 14.4 Å². The average molecular weight is 343 g/mol. The van der Waals surface area contributed by atoms with E-state index in [9.17, 15) is 14.4 Å². The highest BCUT2D eigenvalue weighted by Gasteiger charge is 2.36. The van der Waals surface area contributed by atoms with Gasteiger partial charge in [0.25, 0.3) is 5.91 Å². The standard InChI is InChI=1S/C18H21N3O4/c1-2-13-4-6-15(7-5-13)21-11-14(10-17(21)23)18(24)25-12-16(22)20-9-3-8-19/h4-7,14H,2-3,9-12H2,1H3,(H,20,22). The van der Waals surface area contributed by atoms with Crippen LogP contribution in [0.25, 0.3) is 0 Å². The lowest BCUT2D eigenvalue weighted by Gasteiger charge is -2.17. The Kier molecular flexibility index (Phi) is 6.52. The quantitative estimate of drug-likeness (QED) is 0.592. The number of benzene rings is 1. The third-order valence-corrected chi connectivity index (χ3v) is 4.02. The number of carbonyl (C=O) groups excluding carboxylic acids is 3. The van der Waals surface area contributed by atoms with E-state index in [1.54, 1.807) is 4.90 Å². The Labute approximate surface area is 146 Å². The molecule has 7 nitrogen and oxygen atoms in total. The summed E-state index contributed by atoms with van der Waals surface area (Å²) in [4.78, 5) is 37.3. The Morgan fingerprint density at radius 1 is 1.36 bits per heavy atom. The molecule has 1 aliphatic rings. The van der Waals surface area contributed by atoms with Gasteiger partial charge in [0.1, 0.15) is 0 Å². The van der Waals surface area contributed by atoms with Gasteiger partial charge < -0.3 is 15.0 Å². The van der Waals surface area contributed by atoms with Gasteiger partial charge in [-0.15, -0.1) is 0 Å². The lowest BCUT2D eigenvalue weighted by atomic mass is 10.1. The predicted molar refractivity (Wildman–Crippen MR) is 90.5 cm³/mol. The van der Waals surface area contributed by atoms with Gasteiger partial charge in [-0.25, -0.2) is 0 Å². The van der Waals surface area contributed by atoms with Crippen molar-refractivity contribution in [2.24, 2.45) is 5.92 Å². The highest BCUT2D eigenvalue weighted by molar-refractivity contribution is 5.99. The predicted octanol–water partition coefficient (Wildman–Crippen LogP) is 1.17. The average Bonchev–Trinajstić information content (AvgIpc) is 3.02. The minimum absolute atomic E-state index is 0.0738. The lowest BCUT2D eigenvalue weighted by Crippen LogP contribution is -2.31. The number of anilines is 1. The van der Waals surface area contributed by atoms with Gasteiger partial charge in [-0.2, -0.15) is 5.26 Å². The zero-order chi connectivity index (χ0) is 18.2. The second-order valence-corrected chi connectivity index (χ2v) is 5.79. The van der Waals surface area contributed by atoms with Gasteiger partial charge in [0.2, 0.25) is 5.91 Å². The first-order valence-electron chi connectivity index (χ1n) is 8.24. The Morgan fingerprint density at radius 3 is 2.72 bits per heavy atom. The molecule has 0 radical (unpaired) electrons. The molecular weight excluding hydrogens is 322 g/mol. The van der Waals surface area contributed by atoms with Crippen molar-refractivity contribution in [3.63, 3.8) is 0 Å². The molecule has 132 valence electrons. The fourth-order valence-electron chi connectivity index (χ4n) is 2.59. The normalized spacial score (nSPS) is 16.4. The molecule has 7 heteroatoms. The summed E-state index contributed by atoms with van der Waals surface area (Å²) < 4.78 is 4.97. The smallest absolute Gasteiger partial charge is 0.311 e. The number of carbonyl (C=O) groups is 3. The van der Waals surface area contributed by atoms with Crippen LogP contribution in [-0.4, -0.2) is 37.5 Å². The lowest BCUT2D eigenvalue weighted by molar-refractivity contribution is -0.152. The summed E-state index contributed by atoms with van der Waals surface area (Å²) in [6.07, 6.45) is 1.19. The molecule has 2 rings (SSSR count). The van der Waals surface area contributed by atoms with Crippen molar-refractivity contribution in [2.75, 3.05) is 24.6 Å². The molecule has 1 aromatic carbocycles. The molecule has 0 aliphatic carbocycles. The van der Waals surface area contributed by atoms with Crippen molar-refractivity contribution in [2.45, 2.75) is 26.2 Å². The monoisotopic (exact) mass is 343 g/mol. The Balaban J connectivity index is 1.85. The van der Waals surface area contributed by atoms with Crippen LogP contribution in [-0.2, 0) is 25.5 Å². The zero-order valence-electron chi connectivity index (χ0n) is 14.2. The molecule has 2 amide bonds. The molecule has 0 bridgehead atoms. The van der Waals surface area contributed by atoms with Crippen LogP contribution in [0, 0.1) is 17.2 Å². The van der Waals surface area contributed by atoms with Crippen molar-refractivity contribution < 1.29 is 19.1 Å². The topological polar surface area (TPSA) is 99.5 Å². The molecule has 0 aromatic heterocycles. The Hall–Kier alpha value is -2.88. The molecule has 1 heterocycles. The van der Waals surface area contributed by atoms with Gasteiger partial charge in [0.15, 0.2) is 6.61 Å². The van der Waals surface area contributed by atoms with E-state index in [2.05, 4.69) is 12.2 Å². The van der Waals surface area contributed by atoms with Crippen molar-refractivity contribution in [3.05, 3.63) is 29.8 Å². The molecule has 1 N–H and O–H groups in total. The SMILES string of the molecule is CCc1ccc(N2CC(C(=O)OCC(=O)NCCC#N)CC2=O)cc1. The van der Waals surface area contributed by atoms with Crippen molar-refractivity contribution >= 4 is 23.5 Å². The van der Waals surface area contributed by atoms with Crippen LogP contribution >= 0.6 is 0 Å². The minimum atomic E-state index is -0.578. The first-order valence-corrected chi connectivity index (χ1v) is 8.24. The van der Waals surface area contributed by atoms with E-state index in [0.29, 0.717) is 0 Å². The van der Waals surface area contributed by atoms with E-state index in [4.69, 9.17) is 10.00 Å². The summed E-state index contributed by atoms with van der Waals surface area (Å²) in [6.45, 7) is 2.12. The van der Waals surface area contributed by atoms with Crippen molar-refractivity contribution in [3.8, 4) is 6.07 Å². The van der Waals surface area contributed by atoms with Crippen LogP contribution in [0.15, 0.2) is 24.3 Å². The first kappa shape index (κ1) is 18.5. The number of nitriles is 1. The molecule has 1 atom stereocenters. The van der Waals surface area contributed by atoms with E-state index in [1.807, 2.05) is 30.3 Å². The number of esters is 1. The van der Waals surface area contributed by atoms with Crippen molar-refractivity contribution in [1.82, 2.24) is 5.32 Å². The second-order valence-electron chi connectivity index (χ2n) is 5.79. The van der Waals surface area contributed by atoms with Crippen LogP contribution in [0.4, 0.5) is 5.69 Å². The van der Waals surface area contributed by atoms with E-state index in [1.165, 1.54) is 5.56 Å². The summed E-state index contributed by atoms with van der Waals surface area (Å²) in [7, 11) is 0.